The Morgan fingerprint density at radius 3 is 2.78 bits per heavy atom. The molecular weight excluding hydrogens is 246 g/mol. The van der Waals surface area contributed by atoms with Crippen molar-refractivity contribution in [3.63, 3.8) is 0 Å². The highest BCUT2D eigenvalue weighted by molar-refractivity contribution is 6.18. The van der Waals surface area contributed by atoms with Gasteiger partial charge >= 0.3 is 0 Å². The van der Waals surface area contributed by atoms with E-state index in [0.717, 1.165) is 18.4 Å². The normalized spacial score (nSPS) is 28.5. The zero-order valence-corrected chi connectivity index (χ0v) is 11.1. The van der Waals surface area contributed by atoms with Crippen LogP contribution in [-0.4, -0.2) is 22.7 Å². The van der Waals surface area contributed by atoms with Gasteiger partial charge in [0.25, 0.3) is 0 Å². The minimum Gasteiger partial charge on any atom is -0.331 e. The van der Waals surface area contributed by atoms with Crippen molar-refractivity contribution in [2.24, 2.45) is 5.92 Å². The molecule has 1 saturated heterocycles. The van der Waals surface area contributed by atoms with Crippen molar-refractivity contribution in [3.8, 4) is 0 Å². The summed E-state index contributed by atoms with van der Waals surface area (Å²) in [5, 5.41) is 0. The molecule has 1 aromatic carbocycles. The summed E-state index contributed by atoms with van der Waals surface area (Å²) in [6, 6.07) is 10.7. The molecule has 0 N–H and O–H groups in total. The third-order valence-corrected chi connectivity index (χ3v) is 4.66. The van der Waals surface area contributed by atoms with E-state index < -0.39 is 0 Å². The fourth-order valence-electron chi connectivity index (χ4n) is 3.54. The van der Waals surface area contributed by atoms with Crippen molar-refractivity contribution in [1.29, 1.82) is 0 Å². The summed E-state index contributed by atoms with van der Waals surface area (Å²) >= 11 is 6.14. The summed E-state index contributed by atoms with van der Waals surface area (Å²) in [6.07, 6.45) is 4.33. The molecule has 2 fully saturated rings. The average Bonchev–Trinajstić information content (AvgIpc) is 2.94. The molecule has 3 atom stereocenters. The Balaban J connectivity index is 1.89. The Hall–Kier alpha value is -1.02. The maximum Gasteiger partial charge on any atom is 0.223 e. The van der Waals surface area contributed by atoms with E-state index in [9.17, 15) is 4.79 Å². The Labute approximate surface area is 113 Å². The zero-order valence-electron chi connectivity index (χ0n) is 10.4. The van der Waals surface area contributed by atoms with Gasteiger partial charge in [-0.1, -0.05) is 36.8 Å². The Kier molecular flexibility index (Phi) is 3.29. The summed E-state index contributed by atoms with van der Waals surface area (Å²) in [5.74, 6) is 1.35. The SMILES string of the molecule is O=C1CC2CCCC2N1C(CCl)c1ccccc1. The molecule has 1 heterocycles. The van der Waals surface area contributed by atoms with E-state index >= 15 is 0 Å². The van der Waals surface area contributed by atoms with Crippen molar-refractivity contribution in [2.45, 2.75) is 37.8 Å². The van der Waals surface area contributed by atoms with E-state index in [1.165, 1.54) is 12.8 Å². The number of carbonyl (C=O) groups is 1. The monoisotopic (exact) mass is 263 g/mol. The number of benzene rings is 1. The van der Waals surface area contributed by atoms with Gasteiger partial charge in [-0.15, -0.1) is 11.6 Å². The molecule has 3 rings (SSSR count). The molecule has 2 nitrogen and oxygen atoms in total. The fourth-order valence-corrected chi connectivity index (χ4v) is 3.87. The number of fused-ring (bicyclic) bond motifs is 1. The molecule has 1 amide bonds. The predicted molar refractivity (Wildman–Crippen MR) is 72.5 cm³/mol. The number of amides is 1. The van der Waals surface area contributed by atoms with Crippen LogP contribution in [0.15, 0.2) is 30.3 Å². The summed E-state index contributed by atoms with van der Waals surface area (Å²) < 4.78 is 0. The number of alkyl halides is 1. The van der Waals surface area contributed by atoms with E-state index in [0.29, 0.717) is 23.7 Å². The van der Waals surface area contributed by atoms with Gasteiger partial charge in [-0.2, -0.15) is 0 Å². The number of likely N-dealkylation sites (tertiary alicyclic amines) is 1. The third-order valence-electron chi connectivity index (χ3n) is 4.37. The first-order chi connectivity index (χ1) is 8.81. The highest BCUT2D eigenvalue weighted by atomic mass is 35.5. The smallest absolute Gasteiger partial charge is 0.223 e. The summed E-state index contributed by atoms with van der Waals surface area (Å²) in [6.45, 7) is 0. The maximum atomic E-state index is 12.2. The lowest BCUT2D eigenvalue weighted by Gasteiger charge is -2.32. The Morgan fingerprint density at radius 2 is 2.06 bits per heavy atom. The maximum absolute atomic E-state index is 12.2. The lowest BCUT2D eigenvalue weighted by Crippen LogP contribution is -2.37. The minimum atomic E-state index is 0.0495. The molecule has 2 aliphatic rings. The number of carbonyl (C=O) groups excluding carboxylic acids is 1. The van der Waals surface area contributed by atoms with Gasteiger partial charge in [0, 0.05) is 18.3 Å². The molecule has 96 valence electrons. The second-order valence-corrected chi connectivity index (χ2v) is 5.65. The van der Waals surface area contributed by atoms with Crippen LogP contribution in [-0.2, 0) is 4.79 Å². The number of hydrogen-bond acceptors (Lipinski definition) is 1. The third kappa shape index (κ3) is 1.93. The standard InChI is InChI=1S/C15H18ClNO/c16-10-14(11-5-2-1-3-6-11)17-13-8-4-7-12(13)9-15(17)18/h1-3,5-6,12-14H,4,7-10H2. The van der Waals surface area contributed by atoms with Crippen LogP contribution in [0, 0.1) is 5.92 Å². The number of halogens is 1. The van der Waals surface area contributed by atoms with Gasteiger partial charge in [0.05, 0.1) is 6.04 Å². The molecule has 0 aromatic heterocycles. The molecule has 0 radical (unpaired) electrons. The van der Waals surface area contributed by atoms with Crippen LogP contribution in [0.5, 0.6) is 0 Å². The van der Waals surface area contributed by atoms with Crippen LogP contribution in [0.4, 0.5) is 0 Å². The molecule has 1 aromatic rings. The molecule has 0 spiro atoms. The molecule has 3 heteroatoms. The Bertz CT molecular complexity index is 433. The Morgan fingerprint density at radius 1 is 1.28 bits per heavy atom. The van der Waals surface area contributed by atoms with Gasteiger partial charge in [-0.05, 0) is 24.3 Å². The largest absolute Gasteiger partial charge is 0.331 e. The van der Waals surface area contributed by atoms with Gasteiger partial charge in [-0.25, -0.2) is 0 Å². The van der Waals surface area contributed by atoms with E-state index in [1.54, 1.807) is 0 Å². The molecule has 0 bridgehead atoms. The number of rotatable bonds is 3. The average molecular weight is 264 g/mol. The van der Waals surface area contributed by atoms with Crippen LogP contribution < -0.4 is 0 Å². The van der Waals surface area contributed by atoms with E-state index in [-0.39, 0.29) is 6.04 Å². The molecule has 1 aliphatic heterocycles. The van der Waals surface area contributed by atoms with Gasteiger partial charge in [0.15, 0.2) is 0 Å². The summed E-state index contributed by atoms with van der Waals surface area (Å²) in [5.41, 5.74) is 1.16. The topological polar surface area (TPSA) is 20.3 Å². The van der Waals surface area contributed by atoms with Crippen LogP contribution in [0.1, 0.15) is 37.3 Å². The lowest BCUT2D eigenvalue weighted by molar-refractivity contribution is -0.131. The van der Waals surface area contributed by atoms with Gasteiger partial charge < -0.3 is 4.90 Å². The van der Waals surface area contributed by atoms with Gasteiger partial charge in [0.2, 0.25) is 5.91 Å². The summed E-state index contributed by atoms with van der Waals surface area (Å²) in [4.78, 5) is 14.3. The van der Waals surface area contributed by atoms with E-state index in [4.69, 9.17) is 11.6 Å². The van der Waals surface area contributed by atoms with Crippen LogP contribution in [0.2, 0.25) is 0 Å². The van der Waals surface area contributed by atoms with Crippen molar-refractivity contribution in [1.82, 2.24) is 4.90 Å². The summed E-state index contributed by atoms with van der Waals surface area (Å²) in [7, 11) is 0. The molecule has 1 saturated carbocycles. The number of hydrogen-bond donors (Lipinski definition) is 0. The fraction of sp³-hybridized carbons (Fsp3) is 0.533. The van der Waals surface area contributed by atoms with Crippen molar-refractivity contribution in [2.75, 3.05) is 5.88 Å². The van der Waals surface area contributed by atoms with Crippen molar-refractivity contribution < 1.29 is 4.79 Å². The number of nitrogens with zero attached hydrogens (tertiary/aromatic N) is 1. The molecule has 3 unspecified atom stereocenters. The van der Waals surface area contributed by atoms with Crippen LogP contribution in [0.25, 0.3) is 0 Å². The second kappa shape index (κ2) is 4.93. The minimum absolute atomic E-state index is 0.0495. The second-order valence-electron chi connectivity index (χ2n) is 5.34. The molecule has 18 heavy (non-hydrogen) atoms. The van der Waals surface area contributed by atoms with Gasteiger partial charge in [-0.3, -0.25) is 4.79 Å². The predicted octanol–water partition coefficient (Wildman–Crippen LogP) is 3.37. The highest BCUT2D eigenvalue weighted by Gasteiger charge is 2.45. The van der Waals surface area contributed by atoms with Crippen LogP contribution >= 0.6 is 11.6 Å². The van der Waals surface area contributed by atoms with Crippen molar-refractivity contribution >= 4 is 17.5 Å². The van der Waals surface area contributed by atoms with E-state index in [1.807, 2.05) is 18.2 Å². The lowest BCUT2D eigenvalue weighted by atomic mass is 10.0. The molecule has 1 aliphatic carbocycles. The molecular formula is C15H18ClNO. The first-order valence-electron chi connectivity index (χ1n) is 6.73. The van der Waals surface area contributed by atoms with Crippen molar-refractivity contribution in [3.05, 3.63) is 35.9 Å². The highest BCUT2D eigenvalue weighted by Crippen LogP contribution is 2.42. The van der Waals surface area contributed by atoms with Crippen LogP contribution in [0.3, 0.4) is 0 Å². The van der Waals surface area contributed by atoms with E-state index in [2.05, 4.69) is 17.0 Å². The van der Waals surface area contributed by atoms with Gasteiger partial charge in [0.1, 0.15) is 0 Å². The zero-order chi connectivity index (χ0) is 12.5. The first-order valence-corrected chi connectivity index (χ1v) is 7.27. The quantitative estimate of drug-likeness (QED) is 0.766. The first kappa shape index (κ1) is 12.0.